The Morgan fingerprint density at radius 3 is 2.80 bits per heavy atom. The monoisotopic (exact) mass is 409 g/mol. The minimum atomic E-state index is -0.569. The Bertz CT molecular complexity index is 983. The van der Waals surface area contributed by atoms with Crippen molar-refractivity contribution in [2.75, 3.05) is 25.4 Å². The summed E-state index contributed by atoms with van der Waals surface area (Å²) in [5.74, 6) is -0.360. The number of nitrogens with two attached hydrogens (primary N) is 2. The molecule has 4 N–H and O–H groups in total. The molecule has 2 atom stereocenters. The lowest BCUT2D eigenvalue weighted by atomic mass is 9.81. The minimum Gasteiger partial charge on any atom is -0.383 e. The van der Waals surface area contributed by atoms with E-state index in [1.54, 1.807) is 9.58 Å². The topological polar surface area (TPSA) is 116 Å². The highest BCUT2D eigenvalue weighted by atomic mass is 16.5. The molecular formula is C22H27N5O3. The zero-order valence-electron chi connectivity index (χ0n) is 16.9. The number of benzene rings is 1. The molecule has 0 bridgehead atoms. The van der Waals surface area contributed by atoms with Gasteiger partial charge in [-0.3, -0.25) is 9.59 Å². The van der Waals surface area contributed by atoms with Crippen LogP contribution in [0.4, 0.5) is 5.82 Å². The minimum absolute atomic E-state index is 0.0806. The maximum absolute atomic E-state index is 12.2. The van der Waals surface area contributed by atoms with Crippen molar-refractivity contribution in [1.82, 2.24) is 14.7 Å². The van der Waals surface area contributed by atoms with Gasteiger partial charge in [0.05, 0.1) is 24.9 Å². The lowest BCUT2D eigenvalue weighted by molar-refractivity contribution is -0.134. The van der Waals surface area contributed by atoms with Crippen LogP contribution in [0.2, 0.25) is 0 Å². The number of amides is 2. The SMILES string of the molecule is C=CC(=O)N1CCO[C@H](Cn2nc(C3CCc4ccccc4C3)c(C(N)=O)c2N)C1. The predicted molar refractivity (Wildman–Crippen MR) is 113 cm³/mol. The van der Waals surface area contributed by atoms with E-state index in [1.807, 2.05) is 12.1 Å². The van der Waals surface area contributed by atoms with E-state index in [0.717, 1.165) is 19.3 Å². The third-order valence-electron chi connectivity index (χ3n) is 6.00. The first-order chi connectivity index (χ1) is 14.5. The Balaban J connectivity index is 1.58. The summed E-state index contributed by atoms with van der Waals surface area (Å²) in [7, 11) is 0. The molecule has 30 heavy (non-hydrogen) atoms. The van der Waals surface area contributed by atoms with Crippen LogP contribution in [0, 0.1) is 0 Å². The second-order valence-corrected chi connectivity index (χ2v) is 7.88. The second kappa shape index (κ2) is 8.31. The molecule has 1 aliphatic carbocycles. The van der Waals surface area contributed by atoms with Gasteiger partial charge in [0.2, 0.25) is 5.91 Å². The average molecular weight is 409 g/mol. The molecule has 2 amide bonds. The molecule has 1 unspecified atom stereocenters. The summed E-state index contributed by atoms with van der Waals surface area (Å²) in [6.45, 7) is 5.26. The van der Waals surface area contributed by atoms with E-state index in [2.05, 4.69) is 18.7 Å². The zero-order chi connectivity index (χ0) is 21.3. The highest BCUT2D eigenvalue weighted by Gasteiger charge is 2.31. The molecule has 0 saturated carbocycles. The van der Waals surface area contributed by atoms with Gasteiger partial charge in [0, 0.05) is 19.0 Å². The first-order valence-electron chi connectivity index (χ1n) is 10.2. The second-order valence-electron chi connectivity index (χ2n) is 7.88. The van der Waals surface area contributed by atoms with Crippen molar-refractivity contribution in [1.29, 1.82) is 0 Å². The fraction of sp³-hybridized carbons (Fsp3) is 0.409. The Morgan fingerprint density at radius 1 is 1.30 bits per heavy atom. The number of nitrogens with zero attached hydrogens (tertiary/aromatic N) is 3. The molecule has 158 valence electrons. The van der Waals surface area contributed by atoms with Crippen LogP contribution in [-0.4, -0.2) is 52.3 Å². The molecule has 2 aliphatic rings. The van der Waals surface area contributed by atoms with Crippen LogP contribution in [0.3, 0.4) is 0 Å². The number of primary amides is 1. The van der Waals surface area contributed by atoms with Crippen LogP contribution in [0.25, 0.3) is 0 Å². The van der Waals surface area contributed by atoms with Crippen molar-refractivity contribution >= 4 is 17.6 Å². The Labute approximate surface area is 175 Å². The van der Waals surface area contributed by atoms with E-state index in [4.69, 9.17) is 21.3 Å². The molecule has 1 aromatic heterocycles. The maximum atomic E-state index is 12.2. The summed E-state index contributed by atoms with van der Waals surface area (Å²) in [5.41, 5.74) is 15.5. The lowest BCUT2D eigenvalue weighted by Gasteiger charge is -2.32. The van der Waals surface area contributed by atoms with E-state index in [-0.39, 0.29) is 23.7 Å². The van der Waals surface area contributed by atoms with Gasteiger partial charge < -0.3 is 21.1 Å². The normalized spacial score (nSPS) is 21.1. The molecule has 2 heterocycles. The van der Waals surface area contributed by atoms with Crippen LogP contribution in [0.5, 0.6) is 0 Å². The highest BCUT2D eigenvalue weighted by molar-refractivity contribution is 5.98. The third-order valence-corrected chi connectivity index (χ3v) is 6.00. The lowest BCUT2D eigenvalue weighted by Crippen LogP contribution is -2.46. The Morgan fingerprint density at radius 2 is 2.07 bits per heavy atom. The van der Waals surface area contributed by atoms with E-state index in [1.165, 1.54) is 17.2 Å². The number of carbonyl (C=O) groups excluding carboxylic acids is 2. The van der Waals surface area contributed by atoms with Gasteiger partial charge in [-0.1, -0.05) is 30.8 Å². The number of nitrogen functional groups attached to an aromatic ring is 1. The fourth-order valence-corrected chi connectivity index (χ4v) is 4.45. The predicted octanol–water partition coefficient (Wildman–Crippen LogP) is 1.25. The molecule has 4 rings (SSSR count). The van der Waals surface area contributed by atoms with Crippen molar-refractivity contribution in [2.24, 2.45) is 5.73 Å². The number of hydrogen-bond acceptors (Lipinski definition) is 5. The number of ether oxygens (including phenoxy) is 1. The standard InChI is InChI=1S/C22H27N5O3/c1-2-18(28)26-9-10-30-17(12-26)13-27-21(23)19(22(24)29)20(25-27)16-8-7-14-5-3-4-6-15(14)11-16/h2-6,16-17H,1,7-13,23H2,(H2,24,29)/t16?,17-/m0/s1. The highest BCUT2D eigenvalue weighted by Crippen LogP contribution is 2.35. The van der Waals surface area contributed by atoms with Gasteiger partial charge in [-0.2, -0.15) is 5.10 Å². The zero-order valence-corrected chi connectivity index (χ0v) is 16.9. The summed E-state index contributed by atoms with van der Waals surface area (Å²) in [4.78, 5) is 25.8. The van der Waals surface area contributed by atoms with Gasteiger partial charge in [-0.15, -0.1) is 0 Å². The molecule has 1 saturated heterocycles. The number of anilines is 1. The molecular weight excluding hydrogens is 382 g/mol. The van der Waals surface area contributed by atoms with Crippen LogP contribution >= 0.6 is 0 Å². The molecule has 8 nitrogen and oxygen atoms in total. The summed E-state index contributed by atoms with van der Waals surface area (Å²) in [6.07, 6.45) is 3.64. The molecule has 2 aromatic rings. The Kier molecular flexibility index (Phi) is 5.59. The summed E-state index contributed by atoms with van der Waals surface area (Å²) in [5, 5.41) is 4.70. The van der Waals surface area contributed by atoms with Crippen molar-refractivity contribution in [3.8, 4) is 0 Å². The maximum Gasteiger partial charge on any atom is 0.254 e. The van der Waals surface area contributed by atoms with Crippen molar-refractivity contribution in [2.45, 2.75) is 37.8 Å². The van der Waals surface area contributed by atoms with Crippen LogP contribution in [0.15, 0.2) is 36.9 Å². The van der Waals surface area contributed by atoms with Crippen molar-refractivity contribution in [3.63, 3.8) is 0 Å². The smallest absolute Gasteiger partial charge is 0.254 e. The number of hydrogen-bond donors (Lipinski definition) is 2. The van der Waals surface area contributed by atoms with Gasteiger partial charge in [0.25, 0.3) is 5.91 Å². The first-order valence-corrected chi connectivity index (χ1v) is 10.2. The number of aromatic nitrogens is 2. The summed E-state index contributed by atoms with van der Waals surface area (Å²) in [6, 6.07) is 8.34. The van der Waals surface area contributed by atoms with E-state index < -0.39 is 5.91 Å². The largest absolute Gasteiger partial charge is 0.383 e. The molecule has 0 spiro atoms. The molecule has 1 fully saturated rings. The van der Waals surface area contributed by atoms with Gasteiger partial charge in [-0.25, -0.2) is 4.68 Å². The molecule has 8 heteroatoms. The number of carbonyl (C=O) groups is 2. The van der Waals surface area contributed by atoms with Crippen LogP contribution < -0.4 is 11.5 Å². The average Bonchev–Trinajstić information content (AvgIpc) is 3.09. The number of rotatable bonds is 5. The molecule has 1 aliphatic heterocycles. The van der Waals surface area contributed by atoms with Gasteiger partial charge in [0.15, 0.2) is 0 Å². The van der Waals surface area contributed by atoms with E-state index in [9.17, 15) is 9.59 Å². The van der Waals surface area contributed by atoms with Gasteiger partial charge in [0.1, 0.15) is 11.4 Å². The Hall–Kier alpha value is -3.13. The van der Waals surface area contributed by atoms with E-state index >= 15 is 0 Å². The van der Waals surface area contributed by atoms with Gasteiger partial charge >= 0.3 is 0 Å². The summed E-state index contributed by atoms with van der Waals surface area (Å²) >= 11 is 0. The molecule has 0 radical (unpaired) electrons. The third kappa shape index (κ3) is 3.82. The van der Waals surface area contributed by atoms with Crippen molar-refractivity contribution < 1.29 is 14.3 Å². The number of fused-ring (bicyclic) bond motifs is 1. The number of aryl methyl sites for hydroxylation is 1. The van der Waals surface area contributed by atoms with E-state index in [0.29, 0.717) is 37.5 Å². The van der Waals surface area contributed by atoms with Crippen LogP contribution in [-0.2, 0) is 28.9 Å². The van der Waals surface area contributed by atoms with Crippen LogP contribution in [0.1, 0.15) is 39.5 Å². The number of morpholine rings is 1. The quantitative estimate of drug-likeness (QED) is 0.721. The van der Waals surface area contributed by atoms with Crippen molar-refractivity contribution in [3.05, 3.63) is 59.3 Å². The first kappa shape index (κ1) is 20.2. The molecule has 1 aromatic carbocycles. The summed E-state index contributed by atoms with van der Waals surface area (Å²) < 4.78 is 7.40. The van der Waals surface area contributed by atoms with Gasteiger partial charge in [-0.05, 0) is 36.5 Å². The fourth-order valence-electron chi connectivity index (χ4n) is 4.45.